The summed E-state index contributed by atoms with van der Waals surface area (Å²) in [5.41, 5.74) is -0.712. The quantitative estimate of drug-likeness (QED) is 0.466. The topological polar surface area (TPSA) is 87.1 Å². The molecule has 0 fully saturated rings. The number of Topliss-reactive ketones (excluding diaryl/α,β-unsaturated/α-hetero) is 1. The second-order valence-corrected chi connectivity index (χ2v) is 4.05. The number of pyridine rings is 1. The molecule has 0 saturated heterocycles. The van der Waals surface area contributed by atoms with Crippen LogP contribution in [-0.4, -0.2) is 19.8 Å². The van der Waals surface area contributed by atoms with Gasteiger partial charge in [0.15, 0.2) is 5.78 Å². The summed E-state index contributed by atoms with van der Waals surface area (Å²) >= 11 is 0. The fourth-order valence-corrected chi connectivity index (χ4v) is 1.75. The Bertz CT molecular complexity index is 699. The van der Waals surface area contributed by atoms with Crippen molar-refractivity contribution >= 4 is 11.5 Å². The van der Waals surface area contributed by atoms with Crippen molar-refractivity contribution in [2.75, 3.05) is 0 Å². The van der Waals surface area contributed by atoms with Crippen LogP contribution in [0.1, 0.15) is 10.5 Å². The summed E-state index contributed by atoms with van der Waals surface area (Å²) in [5.74, 6) is -0.189. The highest BCUT2D eigenvalue weighted by Gasteiger charge is 2.14. The fourth-order valence-electron chi connectivity index (χ4n) is 1.75. The highest BCUT2D eigenvalue weighted by molar-refractivity contribution is 5.94. The number of hydrogen-bond acceptors (Lipinski definition) is 4. The van der Waals surface area contributed by atoms with E-state index in [1.54, 1.807) is 29.9 Å². The van der Waals surface area contributed by atoms with E-state index in [2.05, 4.69) is 0 Å². The molecule has 0 aromatic carbocycles. The molecule has 7 heteroatoms. The Hall–Kier alpha value is -2.70. The van der Waals surface area contributed by atoms with E-state index >= 15 is 0 Å². The third-order valence-electron chi connectivity index (χ3n) is 2.71. The molecule has 0 saturated carbocycles. The first-order valence-electron chi connectivity index (χ1n) is 5.48. The van der Waals surface area contributed by atoms with Crippen molar-refractivity contribution in [2.45, 2.75) is 6.54 Å². The molecule has 0 unspecified atom stereocenters. The molecule has 0 aliphatic heterocycles. The number of nitro groups is 1. The Kier molecular flexibility index (Phi) is 3.28. The summed E-state index contributed by atoms with van der Waals surface area (Å²) in [4.78, 5) is 33.1. The normalized spacial score (nSPS) is 10.4. The SMILES string of the molecule is Cn1cccc1C(=O)Cn1ccc(=O)c([N+](=O)[O-])c1. The first-order chi connectivity index (χ1) is 8.99. The van der Waals surface area contributed by atoms with Gasteiger partial charge >= 0.3 is 5.69 Å². The van der Waals surface area contributed by atoms with Gasteiger partial charge in [-0.1, -0.05) is 0 Å². The van der Waals surface area contributed by atoms with E-state index in [9.17, 15) is 19.7 Å². The standard InChI is InChI=1S/C12H11N3O4/c1-13-5-2-3-9(13)12(17)8-14-6-4-11(16)10(7-14)15(18)19/h2-7H,8H2,1H3. The van der Waals surface area contributed by atoms with Gasteiger partial charge in [-0.15, -0.1) is 0 Å². The van der Waals surface area contributed by atoms with E-state index in [0.717, 1.165) is 12.3 Å². The Morgan fingerprint density at radius 3 is 2.68 bits per heavy atom. The van der Waals surface area contributed by atoms with Gasteiger partial charge in [0, 0.05) is 25.5 Å². The highest BCUT2D eigenvalue weighted by Crippen LogP contribution is 2.06. The monoisotopic (exact) mass is 261 g/mol. The van der Waals surface area contributed by atoms with Crippen LogP contribution in [0.5, 0.6) is 0 Å². The molecule has 7 nitrogen and oxygen atoms in total. The minimum absolute atomic E-state index is 0.0566. The zero-order chi connectivity index (χ0) is 14.0. The van der Waals surface area contributed by atoms with Crippen molar-refractivity contribution in [1.29, 1.82) is 0 Å². The van der Waals surface area contributed by atoms with Gasteiger partial charge in [0.25, 0.3) is 5.43 Å². The predicted octanol–water partition coefficient (Wildman–Crippen LogP) is 0.978. The summed E-state index contributed by atoms with van der Waals surface area (Å²) in [6.45, 7) is -0.0566. The maximum Gasteiger partial charge on any atom is 0.332 e. The third kappa shape index (κ3) is 2.59. The number of nitrogens with zero attached hydrogens (tertiary/aromatic N) is 3. The maximum atomic E-state index is 12.0. The summed E-state index contributed by atoms with van der Waals surface area (Å²) in [7, 11) is 1.74. The van der Waals surface area contributed by atoms with E-state index in [0.29, 0.717) is 5.69 Å². The van der Waals surface area contributed by atoms with Crippen LogP contribution in [-0.2, 0) is 13.6 Å². The largest absolute Gasteiger partial charge is 0.348 e. The van der Waals surface area contributed by atoms with Crippen LogP contribution < -0.4 is 5.43 Å². The number of carbonyl (C=O) groups excluding carboxylic acids is 1. The maximum absolute atomic E-state index is 12.0. The fraction of sp³-hybridized carbons (Fsp3) is 0.167. The number of ketones is 1. The molecular formula is C12H11N3O4. The molecule has 2 rings (SSSR count). The molecule has 0 spiro atoms. The number of aryl methyl sites for hydroxylation is 1. The Balaban J connectivity index is 2.27. The molecule has 0 bridgehead atoms. The minimum Gasteiger partial charge on any atom is -0.348 e. The summed E-state index contributed by atoms with van der Waals surface area (Å²) in [5, 5.41) is 10.6. The zero-order valence-electron chi connectivity index (χ0n) is 10.1. The predicted molar refractivity (Wildman–Crippen MR) is 67.1 cm³/mol. The molecule has 2 heterocycles. The van der Waals surface area contributed by atoms with Gasteiger partial charge in [-0.25, -0.2) is 0 Å². The summed E-state index contributed by atoms with van der Waals surface area (Å²) in [6, 6.07) is 4.48. The van der Waals surface area contributed by atoms with Gasteiger partial charge in [0.1, 0.15) is 0 Å². The zero-order valence-corrected chi connectivity index (χ0v) is 10.1. The van der Waals surface area contributed by atoms with Crippen LogP contribution in [0.3, 0.4) is 0 Å². The van der Waals surface area contributed by atoms with Crippen LogP contribution in [0.25, 0.3) is 0 Å². The molecule has 0 aliphatic rings. The van der Waals surface area contributed by atoms with E-state index in [4.69, 9.17) is 0 Å². The van der Waals surface area contributed by atoms with Gasteiger partial charge in [0.2, 0.25) is 0 Å². The molecular weight excluding hydrogens is 250 g/mol. The van der Waals surface area contributed by atoms with E-state index in [1.165, 1.54) is 10.8 Å². The van der Waals surface area contributed by atoms with Crippen molar-refractivity contribution in [3.63, 3.8) is 0 Å². The van der Waals surface area contributed by atoms with E-state index in [-0.39, 0.29) is 12.3 Å². The summed E-state index contributed by atoms with van der Waals surface area (Å²) in [6.07, 6.45) is 4.17. The highest BCUT2D eigenvalue weighted by atomic mass is 16.6. The summed E-state index contributed by atoms with van der Waals surface area (Å²) < 4.78 is 2.99. The molecule has 0 N–H and O–H groups in total. The van der Waals surface area contributed by atoms with E-state index < -0.39 is 16.0 Å². The molecule has 19 heavy (non-hydrogen) atoms. The molecule has 0 amide bonds. The van der Waals surface area contributed by atoms with Gasteiger partial charge < -0.3 is 9.13 Å². The van der Waals surface area contributed by atoms with E-state index in [1.807, 2.05) is 0 Å². The smallest absolute Gasteiger partial charge is 0.332 e. The number of rotatable bonds is 4. The van der Waals surface area contributed by atoms with Crippen LogP contribution in [0.2, 0.25) is 0 Å². The Labute approximate surface area is 107 Å². The number of carbonyl (C=O) groups is 1. The lowest BCUT2D eigenvalue weighted by Gasteiger charge is -2.06. The Morgan fingerprint density at radius 1 is 1.37 bits per heavy atom. The first-order valence-corrected chi connectivity index (χ1v) is 5.48. The van der Waals surface area contributed by atoms with Gasteiger partial charge in [-0.3, -0.25) is 19.7 Å². The van der Waals surface area contributed by atoms with Crippen molar-refractivity contribution < 1.29 is 9.72 Å². The lowest BCUT2D eigenvalue weighted by Crippen LogP contribution is -2.16. The molecule has 0 atom stereocenters. The Morgan fingerprint density at radius 2 is 2.11 bits per heavy atom. The molecule has 98 valence electrons. The second-order valence-electron chi connectivity index (χ2n) is 4.05. The van der Waals surface area contributed by atoms with Gasteiger partial charge in [0.05, 0.1) is 23.4 Å². The minimum atomic E-state index is -0.758. The number of hydrogen-bond donors (Lipinski definition) is 0. The molecule has 2 aromatic rings. The molecule has 2 aromatic heterocycles. The van der Waals surface area contributed by atoms with Gasteiger partial charge in [-0.2, -0.15) is 0 Å². The van der Waals surface area contributed by atoms with Crippen molar-refractivity contribution in [2.24, 2.45) is 7.05 Å². The lowest BCUT2D eigenvalue weighted by molar-refractivity contribution is -0.386. The van der Waals surface area contributed by atoms with Crippen LogP contribution in [0, 0.1) is 10.1 Å². The molecule has 0 radical (unpaired) electrons. The lowest BCUT2D eigenvalue weighted by atomic mass is 10.2. The average molecular weight is 261 g/mol. The molecule has 0 aliphatic carbocycles. The third-order valence-corrected chi connectivity index (χ3v) is 2.71. The van der Waals surface area contributed by atoms with Crippen molar-refractivity contribution in [3.8, 4) is 0 Å². The van der Waals surface area contributed by atoms with Crippen molar-refractivity contribution in [3.05, 3.63) is 62.8 Å². The second kappa shape index (κ2) is 4.89. The van der Waals surface area contributed by atoms with Crippen LogP contribution in [0.15, 0.2) is 41.6 Å². The number of aromatic nitrogens is 2. The van der Waals surface area contributed by atoms with Gasteiger partial charge in [-0.05, 0) is 12.1 Å². The average Bonchev–Trinajstić information content (AvgIpc) is 2.77. The van der Waals surface area contributed by atoms with Crippen LogP contribution in [0.4, 0.5) is 5.69 Å². The first kappa shape index (κ1) is 12.7. The van der Waals surface area contributed by atoms with Crippen molar-refractivity contribution in [1.82, 2.24) is 9.13 Å². The van der Waals surface area contributed by atoms with Crippen LogP contribution >= 0.6 is 0 Å².